The number of esters is 1. The van der Waals surface area contributed by atoms with Gasteiger partial charge in [0.2, 0.25) is 0 Å². The molecule has 5 nitrogen and oxygen atoms in total. The maximum atomic E-state index is 12.9. The molecule has 0 unspecified atom stereocenters. The Bertz CT molecular complexity index is 972. The van der Waals surface area contributed by atoms with E-state index in [1.54, 1.807) is 7.11 Å². The summed E-state index contributed by atoms with van der Waals surface area (Å²) in [6, 6.07) is 22.0. The molecule has 154 valence electrons. The lowest BCUT2D eigenvalue weighted by molar-refractivity contribution is -0.148. The highest BCUT2D eigenvalue weighted by Crippen LogP contribution is 2.24. The summed E-state index contributed by atoms with van der Waals surface area (Å²) in [6.45, 7) is -0.403. The first kappa shape index (κ1) is 21.0. The molecule has 0 aliphatic carbocycles. The second kappa shape index (κ2) is 10.2. The first-order valence-corrected chi connectivity index (χ1v) is 9.43. The van der Waals surface area contributed by atoms with Crippen LogP contribution in [0.4, 0.5) is 4.39 Å². The summed E-state index contributed by atoms with van der Waals surface area (Å²) in [4.78, 5) is 24.5. The predicted octanol–water partition coefficient (Wildman–Crippen LogP) is 3.83. The van der Waals surface area contributed by atoms with Gasteiger partial charge >= 0.3 is 5.97 Å². The molecule has 1 amide bonds. The number of carbonyl (C=O) groups excluding carboxylic acids is 2. The second-order valence-corrected chi connectivity index (χ2v) is 6.65. The number of halogens is 1. The van der Waals surface area contributed by atoms with Gasteiger partial charge in [-0.15, -0.1) is 0 Å². The van der Waals surface area contributed by atoms with Crippen molar-refractivity contribution in [2.75, 3.05) is 13.7 Å². The summed E-state index contributed by atoms with van der Waals surface area (Å²) in [7, 11) is 1.59. The number of ether oxygens (including phenoxy) is 2. The van der Waals surface area contributed by atoms with E-state index in [-0.39, 0.29) is 12.2 Å². The van der Waals surface area contributed by atoms with Gasteiger partial charge in [0.05, 0.1) is 19.6 Å². The Kier molecular flexibility index (Phi) is 7.16. The molecular formula is C24H22FNO4. The van der Waals surface area contributed by atoms with E-state index < -0.39 is 24.5 Å². The van der Waals surface area contributed by atoms with Crippen LogP contribution in [0.3, 0.4) is 0 Å². The molecular weight excluding hydrogens is 385 g/mol. The highest BCUT2D eigenvalue weighted by atomic mass is 19.1. The maximum Gasteiger partial charge on any atom is 0.310 e. The van der Waals surface area contributed by atoms with Crippen molar-refractivity contribution >= 4 is 11.9 Å². The zero-order valence-corrected chi connectivity index (χ0v) is 16.5. The van der Waals surface area contributed by atoms with E-state index in [2.05, 4.69) is 5.32 Å². The van der Waals surface area contributed by atoms with Gasteiger partial charge in [-0.25, -0.2) is 4.39 Å². The van der Waals surface area contributed by atoms with Crippen LogP contribution in [-0.4, -0.2) is 25.6 Å². The van der Waals surface area contributed by atoms with Crippen molar-refractivity contribution in [3.63, 3.8) is 0 Å². The Labute approximate surface area is 174 Å². The molecule has 1 N–H and O–H groups in total. The minimum Gasteiger partial charge on any atom is -0.497 e. The van der Waals surface area contributed by atoms with Gasteiger partial charge in [0.25, 0.3) is 5.91 Å². The van der Waals surface area contributed by atoms with Crippen LogP contribution in [-0.2, 0) is 20.7 Å². The molecule has 0 saturated heterocycles. The third-order valence-electron chi connectivity index (χ3n) is 4.51. The van der Waals surface area contributed by atoms with E-state index in [4.69, 9.17) is 9.47 Å². The summed E-state index contributed by atoms with van der Waals surface area (Å²) in [5, 5.41) is 2.91. The van der Waals surface area contributed by atoms with Gasteiger partial charge in [0.15, 0.2) is 6.61 Å². The van der Waals surface area contributed by atoms with Gasteiger partial charge in [-0.05, 0) is 41.0 Å². The van der Waals surface area contributed by atoms with Gasteiger partial charge in [-0.1, -0.05) is 54.6 Å². The van der Waals surface area contributed by atoms with Gasteiger partial charge < -0.3 is 14.8 Å². The molecule has 3 rings (SSSR count). The summed E-state index contributed by atoms with van der Waals surface area (Å²) in [6.07, 6.45) is -0.0336. The van der Waals surface area contributed by atoms with Crippen molar-refractivity contribution in [3.8, 4) is 5.75 Å². The van der Waals surface area contributed by atoms with E-state index >= 15 is 0 Å². The first-order chi connectivity index (χ1) is 14.5. The minimum absolute atomic E-state index is 0.0336. The van der Waals surface area contributed by atoms with Crippen molar-refractivity contribution in [3.05, 3.63) is 101 Å². The third-order valence-corrected chi connectivity index (χ3v) is 4.51. The van der Waals surface area contributed by atoms with Crippen LogP contribution in [0.5, 0.6) is 5.75 Å². The van der Waals surface area contributed by atoms with Gasteiger partial charge in [-0.2, -0.15) is 0 Å². The number of rotatable bonds is 8. The molecule has 0 aromatic heterocycles. The molecule has 0 fully saturated rings. The van der Waals surface area contributed by atoms with Crippen LogP contribution in [0.25, 0.3) is 0 Å². The van der Waals surface area contributed by atoms with E-state index in [9.17, 15) is 14.0 Å². The zero-order chi connectivity index (χ0) is 21.3. The quantitative estimate of drug-likeness (QED) is 0.577. The third kappa shape index (κ3) is 5.91. The molecule has 0 heterocycles. The molecule has 0 aliphatic rings. The van der Waals surface area contributed by atoms with Crippen LogP contribution < -0.4 is 10.1 Å². The minimum atomic E-state index is -0.558. The monoisotopic (exact) mass is 407 g/mol. The van der Waals surface area contributed by atoms with Crippen molar-refractivity contribution in [1.29, 1.82) is 0 Å². The number of carbonyl (C=O) groups is 2. The highest BCUT2D eigenvalue weighted by Gasteiger charge is 2.18. The predicted molar refractivity (Wildman–Crippen MR) is 110 cm³/mol. The van der Waals surface area contributed by atoms with Crippen LogP contribution in [0.1, 0.15) is 22.7 Å². The zero-order valence-electron chi connectivity index (χ0n) is 16.5. The fourth-order valence-corrected chi connectivity index (χ4v) is 2.97. The molecule has 0 radical (unpaired) electrons. The van der Waals surface area contributed by atoms with Crippen molar-refractivity contribution in [2.24, 2.45) is 0 Å². The highest BCUT2D eigenvalue weighted by molar-refractivity contribution is 5.81. The Hall–Kier alpha value is -3.67. The van der Waals surface area contributed by atoms with Gasteiger partial charge in [0.1, 0.15) is 11.6 Å². The Morgan fingerprint density at radius 2 is 1.53 bits per heavy atom. The van der Waals surface area contributed by atoms with E-state index in [0.717, 1.165) is 11.1 Å². The summed E-state index contributed by atoms with van der Waals surface area (Å²) >= 11 is 0. The number of methoxy groups -OCH3 is 1. The average molecular weight is 407 g/mol. The molecule has 1 atom stereocenters. The Balaban J connectivity index is 1.62. The molecule has 0 bridgehead atoms. The number of nitrogens with one attached hydrogen (secondary N) is 1. The second-order valence-electron chi connectivity index (χ2n) is 6.65. The Morgan fingerprint density at radius 3 is 2.17 bits per heavy atom. The van der Waals surface area contributed by atoms with Crippen LogP contribution >= 0.6 is 0 Å². The number of hydrogen-bond donors (Lipinski definition) is 1. The van der Waals surface area contributed by atoms with Crippen molar-refractivity contribution in [1.82, 2.24) is 5.32 Å². The van der Waals surface area contributed by atoms with Crippen LogP contribution in [0.15, 0.2) is 78.9 Å². The Morgan fingerprint density at radius 1 is 0.900 bits per heavy atom. The number of benzene rings is 3. The van der Waals surface area contributed by atoms with Crippen LogP contribution in [0, 0.1) is 5.82 Å². The normalized spacial score (nSPS) is 11.4. The van der Waals surface area contributed by atoms with E-state index in [0.29, 0.717) is 11.3 Å². The molecule has 30 heavy (non-hydrogen) atoms. The summed E-state index contributed by atoms with van der Waals surface area (Å²) in [5.41, 5.74) is 2.38. The molecule has 3 aromatic carbocycles. The molecule has 0 saturated carbocycles. The van der Waals surface area contributed by atoms with Crippen molar-refractivity contribution < 1.29 is 23.5 Å². The smallest absolute Gasteiger partial charge is 0.310 e. The number of hydrogen-bond acceptors (Lipinski definition) is 4. The van der Waals surface area contributed by atoms with Crippen molar-refractivity contribution in [2.45, 2.75) is 12.5 Å². The summed E-state index contributed by atoms with van der Waals surface area (Å²) in [5.74, 6) is -0.645. The summed E-state index contributed by atoms with van der Waals surface area (Å²) < 4.78 is 23.2. The topological polar surface area (TPSA) is 64.6 Å². The van der Waals surface area contributed by atoms with Crippen LogP contribution in [0.2, 0.25) is 0 Å². The number of amides is 1. The maximum absolute atomic E-state index is 12.9. The van der Waals surface area contributed by atoms with E-state index in [1.807, 2.05) is 54.6 Å². The SMILES string of the molecule is COc1ccc([C@H](NC(=O)COC(=O)Cc2ccc(F)cc2)c2ccccc2)cc1. The molecule has 0 aliphatic heterocycles. The lowest BCUT2D eigenvalue weighted by Gasteiger charge is -2.20. The molecule has 3 aromatic rings. The van der Waals surface area contributed by atoms with Gasteiger partial charge in [0, 0.05) is 0 Å². The lowest BCUT2D eigenvalue weighted by atomic mass is 9.98. The largest absolute Gasteiger partial charge is 0.497 e. The first-order valence-electron chi connectivity index (χ1n) is 9.43. The van der Waals surface area contributed by atoms with E-state index in [1.165, 1.54) is 24.3 Å². The van der Waals surface area contributed by atoms with Gasteiger partial charge in [-0.3, -0.25) is 9.59 Å². The molecule has 0 spiro atoms. The fourth-order valence-electron chi connectivity index (χ4n) is 2.97. The standard InChI is InChI=1S/C24H22FNO4/c1-29-21-13-9-19(10-14-21)24(18-5-3-2-4-6-18)26-22(27)16-30-23(28)15-17-7-11-20(25)12-8-17/h2-14,24H,15-16H2,1H3,(H,26,27)/t24-/m1/s1. The average Bonchev–Trinajstić information content (AvgIpc) is 2.78. The fraction of sp³-hybridized carbons (Fsp3) is 0.167. The lowest BCUT2D eigenvalue weighted by Crippen LogP contribution is -2.33. The molecule has 6 heteroatoms.